The smallest absolute Gasteiger partial charge is 0.143 e. The normalized spacial score (nSPS) is 15.1. The fourth-order valence-electron chi connectivity index (χ4n) is 9.88. The van der Waals surface area contributed by atoms with E-state index >= 15 is 0 Å². The van der Waals surface area contributed by atoms with Crippen molar-refractivity contribution in [2.45, 2.75) is 45.4 Å². The number of anilines is 3. The van der Waals surface area contributed by atoms with Gasteiger partial charge in [0.05, 0.1) is 0 Å². The van der Waals surface area contributed by atoms with Crippen LogP contribution in [-0.4, -0.2) is 0 Å². The van der Waals surface area contributed by atoms with Crippen LogP contribution in [0.4, 0.5) is 17.1 Å². The van der Waals surface area contributed by atoms with Crippen molar-refractivity contribution >= 4 is 55.5 Å². The summed E-state index contributed by atoms with van der Waals surface area (Å²) in [5.74, 6) is 0.892. The Morgan fingerprint density at radius 2 is 1.12 bits per heavy atom. The van der Waals surface area contributed by atoms with E-state index in [9.17, 15) is 0 Å². The molecule has 0 spiro atoms. The molecular weight excluding hydrogens is 707 g/mol. The zero-order valence-corrected chi connectivity index (χ0v) is 33.4. The Kier molecular flexibility index (Phi) is 7.46. The highest BCUT2D eigenvalue weighted by Gasteiger charge is 2.40. The molecule has 0 radical (unpaired) electrons. The molecule has 11 rings (SSSR count). The van der Waals surface area contributed by atoms with E-state index in [0.29, 0.717) is 0 Å². The van der Waals surface area contributed by atoms with Crippen molar-refractivity contribution in [3.63, 3.8) is 0 Å². The van der Waals surface area contributed by atoms with Gasteiger partial charge in [-0.25, -0.2) is 0 Å². The van der Waals surface area contributed by atoms with Crippen molar-refractivity contribution in [3.8, 4) is 22.3 Å². The highest BCUT2D eigenvalue weighted by molar-refractivity contribution is 6.12. The van der Waals surface area contributed by atoms with Gasteiger partial charge in [0.25, 0.3) is 0 Å². The predicted molar refractivity (Wildman–Crippen MR) is 241 cm³/mol. The topological polar surface area (TPSA) is 29.5 Å². The first-order valence-electron chi connectivity index (χ1n) is 20.3. The van der Waals surface area contributed by atoms with Gasteiger partial charge in [-0.2, -0.15) is 0 Å². The largest absolute Gasteiger partial charge is 0.456 e. The maximum Gasteiger partial charge on any atom is 0.143 e. The number of furan rings is 2. The van der Waals surface area contributed by atoms with E-state index < -0.39 is 0 Å². The molecule has 0 atom stereocenters. The van der Waals surface area contributed by atoms with Crippen LogP contribution in [-0.2, 0) is 10.8 Å². The van der Waals surface area contributed by atoms with Crippen molar-refractivity contribution in [2.24, 2.45) is 0 Å². The predicted octanol–water partition coefficient (Wildman–Crippen LogP) is 15.4. The monoisotopic (exact) mass is 749 g/mol. The molecule has 2 heterocycles. The summed E-state index contributed by atoms with van der Waals surface area (Å²) in [7, 11) is 0. The van der Waals surface area contributed by atoms with E-state index in [-0.39, 0.29) is 10.8 Å². The molecule has 0 fully saturated rings. The molecule has 0 saturated carbocycles. The summed E-state index contributed by atoms with van der Waals surface area (Å²) < 4.78 is 13.4. The Morgan fingerprint density at radius 3 is 1.86 bits per heavy atom. The summed E-state index contributed by atoms with van der Waals surface area (Å²) in [5.41, 5.74) is 17.9. The number of benzene rings is 7. The average molecular weight is 750 g/mol. The SMILES string of the molecule is C/C=C\C1=C(c2cc3ccccc3o2)c2cc(N(c3ccc(-c4ccccc4)cc3)c3ccc4c(c3)-c3c(ccc5c3oc3ccccc35)C4(C)C)ccc2C1(C)C. The third kappa shape index (κ3) is 4.99. The third-order valence-corrected chi connectivity index (χ3v) is 12.8. The summed E-state index contributed by atoms with van der Waals surface area (Å²) in [5, 5.41) is 3.40. The van der Waals surface area contributed by atoms with Crippen LogP contribution in [0.5, 0.6) is 0 Å². The maximum absolute atomic E-state index is 6.71. The average Bonchev–Trinajstić information content (AvgIpc) is 3.96. The lowest BCUT2D eigenvalue weighted by Gasteiger charge is -2.28. The number of allylic oxidation sites excluding steroid dienone is 3. The fourth-order valence-corrected chi connectivity index (χ4v) is 9.88. The summed E-state index contributed by atoms with van der Waals surface area (Å²) >= 11 is 0. The second kappa shape index (κ2) is 12.6. The molecule has 2 aliphatic rings. The summed E-state index contributed by atoms with van der Waals surface area (Å²) in [6.45, 7) is 11.4. The lowest BCUT2D eigenvalue weighted by atomic mass is 9.81. The minimum absolute atomic E-state index is 0.187. The van der Waals surface area contributed by atoms with Gasteiger partial charge in [-0.3, -0.25) is 0 Å². The molecular formula is C55H43NO2. The van der Waals surface area contributed by atoms with E-state index in [1.165, 1.54) is 50.1 Å². The van der Waals surface area contributed by atoms with Gasteiger partial charge in [0.1, 0.15) is 22.5 Å². The molecule has 7 aromatic carbocycles. The molecule has 0 unspecified atom stereocenters. The Bertz CT molecular complexity index is 3140. The van der Waals surface area contributed by atoms with Gasteiger partial charge >= 0.3 is 0 Å². The van der Waals surface area contributed by atoms with Gasteiger partial charge in [0.2, 0.25) is 0 Å². The summed E-state index contributed by atoms with van der Waals surface area (Å²) in [4.78, 5) is 2.41. The van der Waals surface area contributed by atoms with Gasteiger partial charge in [0.15, 0.2) is 0 Å². The van der Waals surface area contributed by atoms with Crippen LogP contribution >= 0.6 is 0 Å². The zero-order chi connectivity index (χ0) is 39.3. The second-order valence-electron chi connectivity index (χ2n) is 16.9. The Morgan fingerprint density at radius 1 is 0.500 bits per heavy atom. The quantitative estimate of drug-likeness (QED) is 0.170. The Labute approximate surface area is 339 Å². The van der Waals surface area contributed by atoms with Crippen molar-refractivity contribution in [2.75, 3.05) is 4.90 Å². The van der Waals surface area contributed by atoms with Crippen molar-refractivity contribution in [1.29, 1.82) is 0 Å². The minimum atomic E-state index is -0.225. The first-order valence-corrected chi connectivity index (χ1v) is 20.3. The van der Waals surface area contributed by atoms with E-state index in [4.69, 9.17) is 8.83 Å². The fraction of sp³-hybridized carbons (Fsp3) is 0.127. The highest BCUT2D eigenvalue weighted by atomic mass is 16.3. The van der Waals surface area contributed by atoms with Crippen molar-refractivity contribution in [1.82, 2.24) is 0 Å². The van der Waals surface area contributed by atoms with Crippen LogP contribution in [0.1, 0.15) is 62.6 Å². The van der Waals surface area contributed by atoms with Crippen LogP contribution in [0.2, 0.25) is 0 Å². The number of rotatable bonds is 6. The van der Waals surface area contributed by atoms with E-state index in [0.717, 1.165) is 61.3 Å². The van der Waals surface area contributed by atoms with Crippen LogP contribution in [0.15, 0.2) is 184 Å². The third-order valence-electron chi connectivity index (χ3n) is 12.8. The van der Waals surface area contributed by atoms with E-state index in [2.05, 4.69) is 203 Å². The summed E-state index contributed by atoms with van der Waals surface area (Å²) in [6, 6.07) is 57.0. The second-order valence-corrected chi connectivity index (χ2v) is 16.9. The molecule has 0 amide bonds. The molecule has 0 N–H and O–H groups in total. The van der Waals surface area contributed by atoms with Crippen LogP contribution in [0, 0.1) is 0 Å². The van der Waals surface area contributed by atoms with Gasteiger partial charge in [-0.05, 0) is 106 Å². The van der Waals surface area contributed by atoms with Gasteiger partial charge in [-0.15, -0.1) is 0 Å². The number of para-hydroxylation sites is 2. The molecule has 2 aliphatic carbocycles. The first-order chi connectivity index (χ1) is 28.2. The molecule has 0 saturated heterocycles. The van der Waals surface area contributed by atoms with Crippen molar-refractivity contribution in [3.05, 3.63) is 203 Å². The van der Waals surface area contributed by atoms with Crippen LogP contribution in [0.3, 0.4) is 0 Å². The minimum Gasteiger partial charge on any atom is -0.456 e. The molecule has 58 heavy (non-hydrogen) atoms. The van der Waals surface area contributed by atoms with E-state index in [1.807, 2.05) is 6.07 Å². The molecule has 0 aliphatic heterocycles. The lowest BCUT2D eigenvalue weighted by molar-refractivity contribution is 0.598. The van der Waals surface area contributed by atoms with Gasteiger partial charge < -0.3 is 13.7 Å². The molecule has 2 aromatic heterocycles. The maximum atomic E-state index is 6.71. The molecule has 3 nitrogen and oxygen atoms in total. The Balaban J connectivity index is 1.13. The number of hydrogen-bond acceptors (Lipinski definition) is 3. The Hall–Kier alpha value is -6.84. The van der Waals surface area contributed by atoms with Crippen LogP contribution < -0.4 is 4.90 Å². The van der Waals surface area contributed by atoms with Crippen molar-refractivity contribution < 1.29 is 8.83 Å². The molecule has 9 aromatic rings. The number of nitrogens with zero attached hydrogens (tertiary/aromatic N) is 1. The summed E-state index contributed by atoms with van der Waals surface area (Å²) in [6.07, 6.45) is 4.41. The van der Waals surface area contributed by atoms with Crippen LogP contribution in [0.25, 0.3) is 60.7 Å². The molecule has 280 valence electrons. The van der Waals surface area contributed by atoms with Gasteiger partial charge in [0, 0.05) is 55.2 Å². The number of hydrogen-bond donors (Lipinski definition) is 0. The zero-order valence-electron chi connectivity index (χ0n) is 33.4. The highest BCUT2D eigenvalue weighted by Crippen LogP contribution is 2.55. The molecule has 0 bridgehead atoms. The molecule has 3 heteroatoms. The standard InChI is InChI=1S/C55H43NO2/c1-6-14-46-51(50-31-36-17-10-12-19-48(36)57-50)42-32-38(25-28-44(42)54(46,2)3)56(37-23-21-35(22-24-37)34-15-8-7-9-16-34)39-26-29-45-43(33-39)52-47(55(45,4)5)30-27-41-40-18-11-13-20-49(40)58-53(41)52/h6-33H,1-5H3/b14-6-. The number of fused-ring (bicyclic) bond motifs is 9. The van der Waals surface area contributed by atoms with Gasteiger partial charge in [-0.1, -0.05) is 143 Å². The first kappa shape index (κ1) is 34.4. The van der Waals surface area contributed by atoms with E-state index in [1.54, 1.807) is 0 Å². The lowest BCUT2D eigenvalue weighted by Crippen LogP contribution is -2.17.